The third-order valence-electron chi connectivity index (χ3n) is 7.45. The zero-order valence-electron chi connectivity index (χ0n) is 16.6. The van der Waals surface area contributed by atoms with Gasteiger partial charge in [-0.15, -0.1) is 10.2 Å². The topological polar surface area (TPSA) is 81.6 Å². The van der Waals surface area contributed by atoms with Crippen molar-refractivity contribution in [2.24, 2.45) is 11.8 Å². The maximum atomic E-state index is 12.0. The van der Waals surface area contributed by atoms with E-state index in [1.165, 1.54) is 25.5 Å². The molecule has 28 heavy (non-hydrogen) atoms. The molecule has 0 aromatic carbocycles. The van der Waals surface area contributed by atoms with E-state index in [-0.39, 0.29) is 29.7 Å². The molecule has 0 N–H and O–H groups in total. The summed E-state index contributed by atoms with van der Waals surface area (Å²) in [6, 6.07) is 3.86. The molecular weight excluding hydrogens is 378 g/mol. The summed E-state index contributed by atoms with van der Waals surface area (Å²) < 4.78 is 38.0. The van der Waals surface area contributed by atoms with E-state index in [1.54, 1.807) is 4.31 Å². The van der Waals surface area contributed by atoms with Crippen molar-refractivity contribution in [3.63, 3.8) is 0 Å². The van der Waals surface area contributed by atoms with Gasteiger partial charge < -0.3 is 9.47 Å². The molecule has 0 amide bonds. The molecule has 7 nitrogen and oxygen atoms in total. The smallest absolute Gasteiger partial charge is 0.234 e. The van der Waals surface area contributed by atoms with Crippen molar-refractivity contribution in [2.45, 2.75) is 82.1 Å². The number of hydrogen-bond acceptors (Lipinski definition) is 6. The SMILES string of the molecule is CCC1CCC(Oc2ccc(O[C@]34C[C@H]5CC3[C@@H](C4)N5S(C)(=O)=O)nn2)CC1. The third-order valence-corrected chi connectivity index (χ3v) is 8.79. The maximum absolute atomic E-state index is 12.0. The quantitative estimate of drug-likeness (QED) is 0.721. The number of aromatic nitrogens is 2. The van der Waals surface area contributed by atoms with E-state index in [9.17, 15) is 8.42 Å². The fourth-order valence-electron chi connectivity index (χ4n) is 6.09. The molecule has 2 heterocycles. The van der Waals surface area contributed by atoms with Gasteiger partial charge in [0, 0.05) is 43.0 Å². The van der Waals surface area contributed by atoms with E-state index in [1.807, 2.05) is 12.1 Å². The van der Waals surface area contributed by atoms with Crippen LogP contribution in [0.4, 0.5) is 0 Å². The molecule has 1 unspecified atom stereocenters. The fraction of sp³-hybridized carbons (Fsp3) is 0.800. The van der Waals surface area contributed by atoms with Gasteiger partial charge in [0.15, 0.2) is 0 Å². The van der Waals surface area contributed by atoms with E-state index in [2.05, 4.69) is 17.1 Å². The number of hydrogen-bond donors (Lipinski definition) is 0. The van der Waals surface area contributed by atoms with Crippen LogP contribution in [0.5, 0.6) is 11.8 Å². The number of rotatable bonds is 6. The summed E-state index contributed by atoms with van der Waals surface area (Å²) in [4.78, 5) is 0. The molecule has 4 fully saturated rings. The van der Waals surface area contributed by atoms with Crippen LogP contribution in [0.3, 0.4) is 0 Å². The molecule has 3 aliphatic carbocycles. The molecule has 1 aromatic rings. The molecule has 4 aliphatic rings. The summed E-state index contributed by atoms with van der Waals surface area (Å²) in [5.41, 5.74) is -0.258. The van der Waals surface area contributed by atoms with Crippen LogP contribution in [0.15, 0.2) is 12.1 Å². The van der Waals surface area contributed by atoms with Crippen molar-refractivity contribution in [2.75, 3.05) is 6.26 Å². The zero-order chi connectivity index (χ0) is 19.5. The lowest BCUT2D eigenvalue weighted by molar-refractivity contribution is -0.114. The normalized spacial score (nSPS) is 39.6. The van der Waals surface area contributed by atoms with E-state index in [4.69, 9.17) is 9.47 Å². The Morgan fingerprint density at radius 3 is 2.43 bits per heavy atom. The van der Waals surface area contributed by atoms with Crippen molar-refractivity contribution in [1.29, 1.82) is 0 Å². The molecule has 3 saturated carbocycles. The van der Waals surface area contributed by atoms with Crippen LogP contribution in [-0.2, 0) is 10.0 Å². The minimum Gasteiger partial charge on any atom is -0.473 e. The molecular formula is C20H29N3O4S. The number of ether oxygens (including phenoxy) is 2. The highest BCUT2D eigenvalue weighted by Crippen LogP contribution is 2.62. The molecule has 1 aliphatic heterocycles. The molecule has 4 atom stereocenters. The van der Waals surface area contributed by atoms with Gasteiger partial charge in [-0.1, -0.05) is 13.3 Å². The Bertz CT molecular complexity index is 836. The zero-order valence-corrected chi connectivity index (χ0v) is 17.4. The Morgan fingerprint density at radius 2 is 1.86 bits per heavy atom. The lowest BCUT2D eigenvalue weighted by Crippen LogP contribution is -2.67. The van der Waals surface area contributed by atoms with Crippen LogP contribution in [0.1, 0.15) is 58.3 Å². The van der Waals surface area contributed by atoms with Gasteiger partial charge in [-0.05, 0) is 38.0 Å². The first-order valence-electron chi connectivity index (χ1n) is 10.6. The first-order valence-corrected chi connectivity index (χ1v) is 12.4. The highest BCUT2D eigenvalue weighted by Gasteiger charge is 2.71. The predicted molar refractivity (Wildman–Crippen MR) is 104 cm³/mol. The van der Waals surface area contributed by atoms with Crippen LogP contribution in [0, 0.1) is 11.8 Å². The standard InChI is InChI=1S/C20H29N3O4S/c1-3-13-4-6-15(7-5-13)26-18-8-9-19(22-21-18)27-20-11-14-10-16(20)17(12-20)23(14)28(2,24)25/h8-9,13-17H,3-7,10-12H2,1-2H3/t13?,14-,15?,16?,17-,20+/m1/s1. The molecule has 154 valence electrons. The number of fused-ring (bicyclic) bond motifs is 1. The van der Waals surface area contributed by atoms with Crippen molar-refractivity contribution in [1.82, 2.24) is 14.5 Å². The highest BCUT2D eigenvalue weighted by molar-refractivity contribution is 7.88. The maximum Gasteiger partial charge on any atom is 0.234 e. The Kier molecular flexibility index (Phi) is 4.36. The van der Waals surface area contributed by atoms with Crippen LogP contribution in [0.2, 0.25) is 0 Å². The van der Waals surface area contributed by atoms with Gasteiger partial charge in [-0.25, -0.2) is 8.42 Å². The third kappa shape index (κ3) is 3.00. The van der Waals surface area contributed by atoms with Crippen LogP contribution < -0.4 is 9.47 Å². The van der Waals surface area contributed by atoms with E-state index in [0.29, 0.717) is 11.8 Å². The Morgan fingerprint density at radius 1 is 1.14 bits per heavy atom. The molecule has 1 aromatic heterocycles. The van der Waals surface area contributed by atoms with E-state index in [0.717, 1.165) is 38.0 Å². The summed E-state index contributed by atoms with van der Waals surface area (Å²) in [5, 5.41) is 8.45. The second-order valence-corrected chi connectivity index (χ2v) is 11.0. The van der Waals surface area contributed by atoms with Crippen molar-refractivity contribution in [3.05, 3.63) is 12.1 Å². The van der Waals surface area contributed by atoms with Crippen LogP contribution >= 0.6 is 0 Å². The van der Waals surface area contributed by atoms with Gasteiger partial charge in [0.25, 0.3) is 0 Å². The average molecular weight is 408 g/mol. The van der Waals surface area contributed by atoms with E-state index >= 15 is 0 Å². The van der Waals surface area contributed by atoms with Gasteiger partial charge in [0.2, 0.25) is 21.8 Å². The average Bonchev–Trinajstić information content (AvgIpc) is 3.11. The van der Waals surface area contributed by atoms with Gasteiger partial charge in [-0.2, -0.15) is 4.31 Å². The number of nitrogens with zero attached hydrogens (tertiary/aromatic N) is 3. The van der Waals surface area contributed by atoms with Gasteiger partial charge in [-0.3, -0.25) is 0 Å². The molecule has 1 saturated heterocycles. The molecule has 0 radical (unpaired) electrons. The second-order valence-electron chi connectivity index (χ2n) is 9.11. The van der Waals surface area contributed by atoms with Crippen molar-refractivity contribution >= 4 is 10.0 Å². The minimum absolute atomic E-state index is 0.0764. The lowest BCUT2D eigenvalue weighted by atomic mass is 9.66. The van der Waals surface area contributed by atoms with Crippen LogP contribution in [0.25, 0.3) is 0 Å². The molecule has 2 bridgehead atoms. The van der Waals surface area contributed by atoms with Crippen LogP contribution in [-0.4, -0.2) is 53.0 Å². The van der Waals surface area contributed by atoms with Gasteiger partial charge >= 0.3 is 0 Å². The number of sulfonamides is 1. The largest absolute Gasteiger partial charge is 0.473 e. The molecule has 8 heteroatoms. The first-order chi connectivity index (χ1) is 13.4. The Labute approximate surface area is 166 Å². The van der Waals surface area contributed by atoms with Gasteiger partial charge in [0.1, 0.15) is 11.7 Å². The second kappa shape index (κ2) is 6.55. The Balaban J connectivity index is 1.19. The predicted octanol–water partition coefficient (Wildman–Crippen LogP) is 2.77. The molecule has 0 spiro atoms. The van der Waals surface area contributed by atoms with Gasteiger partial charge in [0.05, 0.1) is 6.26 Å². The lowest BCUT2D eigenvalue weighted by Gasteiger charge is -2.55. The summed E-state index contributed by atoms with van der Waals surface area (Å²) in [7, 11) is -3.14. The summed E-state index contributed by atoms with van der Waals surface area (Å²) >= 11 is 0. The van der Waals surface area contributed by atoms with Crippen molar-refractivity contribution in [3.8, 4) is 11.8 Å². The van der Waals surface area contributed by atoms with E-state index < -0.39 is 10.0 Å². The summed E-state index contributed by atoms with van der Waals surface area (Å²) in [6.45, 7) is 2.26. The number of piperidine rings is 2. The minimum atomic E-state index is -3.14. The highest BCUT2D eigenvalue weighted by atomic mass is 32.2. The first kappa shape index (κ1) is 18.6. The summed E-state index contributed by atoms with van der Waals surface area (Å²) in [6.07, 6.45) is 9.84. The fourth-order valence-corrected chi connectivity index (χ4v) is 7.50. The summed E-state index contributed by atoms with van der Waals surface area (Å²) in [5.74, 6) is 2.19. The van der Waals surface area contributed by atoms with Crippen molar-refractivity contribution < 1.29 is 17.9 Å². The monoisotopic (exact) mass is 407 g/mol. The molecule has 5 rings (SSSR count). The Hall–Kier alpha value is -1.41.